The quantitative estimate of drug-likeness (QED) is 0.833. The highest BCUT2D eigenvalue weighted by molar-refractivity contribution is 5.95. The number of hydrogen-bond donors (Lipinski definition) is 2. The van der Waals surface area contributed by atoms with Gasteiger partial charge in [-0.05, 0) is 12.8 Å². The maximum absolute atomic E-state index is 12.2. The first-order valence-corrected chi connectivity index (χ1v) is 6.09. The number of carbonyl (C=O) groups is 1. The number of carbonyl (C=O) groups excluding carboxylic acids is 1. The van der Waals surface area contributed by atoms with Crippen LogP contribution in [0.1, 0.15) is 38.2 Å². The Hall–Kier alpha value is -1.36. The summed E-state index contributed by atoms with van der Waals surface area (Å²) in [5.41, 5.74) is 6.27. The maximum Gasteiger partial charge on any atom is 0.231 e. The molecule has 5 heteroatoms. The van der Waals surface area contributed by atoms with Crippen LogP contribution in [0.5, 0.6) is 0 Å². The van der Waals surface area contributed by atoms with Gasteiger partial charge >= 0.3 is 0 Å². The van der Waals surface area contributed by atoms with E-state index < -0.39 is 0 Å². The molecule has 0 saturated heterocycles. The van der Waals surface area contributed by atoms with Crippen LogP contribution in [-0.2, 0) is 18.4 Å². The van der Waals surface area contributed by atoms with Crippen molar-refractivity contribution in [3.8, 4) is 0 Å². The minimum absolute atomic E-state index is 0.0726. The largest absolute Gasteiger partial charge is 0.326 e. The fourth-order valence-corrected chi connectivity index (χ4v) is 2.43. The van der Waals surface area contributed by atoms with E-state index in [4.69, 9.17) is 5.73 Å². The van der Waals surface area contributed by atoms with Gasteiger partial charge in [-0.15, -0.1) is 0 Å². The summed E-state index contributed by atoms with van der Waals surface area (Å²) < 4.78 is 1.68. The molecule has 0 bridgehead atoms. The Balaban J connectivity index is 2.12. The number of hydrogen-bond acceptors (Lipinski definition) is 3. The van der Waals surface area contributed by atoms with Crippen molar-refractivity contribution in [2.45, 2.75) is 39.2 Å². The van der Waals surface area contributed by atoms with Crippen LogP contribution in [0.15, 0.2) is 6.20 Å². The average Bonchev–Trinajstić information content (AvgIpc) is 2.86. The molecule has 1 fully saturated rings. The molecule has 1 heterocycles. The van der Waals surface area contributed by atoms with Crippen molar-refractivity contribution in [3.05, 3.63) is 11.8 Å². The molecule has 0 aromatic carbocycles. The second kappa shape index (κ2) is 4.49. The van der Waals surface area contributed by atoms with Gasteiger partial charge in [0, 0.05) is 30.8 Å². The summed E-state index contributed by atoms with van der Waals surface area (Å²) >= 11 is 0. The summed E-state index contributed by atoms with van der Waals surface area (Å²) in [5.74, 6) is 0.677. The number of nitrogens with two attached hydrogens (primary N) is 1. The van der Waals surface area contributed by atoms with Gasteiger partial charge in [-0.3, -0.25) is 9.48 Å². The first-order valence-electron chi connectivity index (χ1n) is 6.09. The summed E-state index contributed by atoms with van der Waals surface area (Å²) in [5, 5.41) is 7.14. The topological polar surface area (TPSA) is 72.9 Å². The average molecular weight is 236 g/mol. The van der Waals surface area contributed by atoms with Crippen molar-refractivity contribution in [2.75, 3.05) is 5.32 Å². The third-order valence-electron chi connectivity index (χ3n) is 3.61. The van der Waals surface area contributed by atoms with E-state index in [0.29, 0.717) is 12.4 Å². The molecule has 1 amide bonds. The van der Waals surface area contributed by atoms with Crippen molar-refractivity contribution in [1.29, 1.82) is 0 Å². The second-order valence-electron chi connectivity index (χ2n) is 5.10. The predicted octanol–water partition coefficient (Wildman–Crippen LogP) is 1.40. The zero-order valence-corrected chi connectivity index (χ0v) is 10.5. The molecule has 1 saturated carbocycles. The van der Waals surface area contributed by atoms with Crippen molar-refractivity contribution >= 4 is 11.7 Å². The molecule has 0 aliphatic heterocycles. The van der Waals surface area contributed by atoms with E-state index in [0.717, 1.165) is 31.2 Å². The Labute approximate surface area is 101 Å². The minimum Gasteiger partial charge on any atom is -0.326 e. The minimum atomic E-state index is -0.233. The Bertz CT molecular complexity index is 418. The molecule has 17 heavy (non-hydrogen) atoms. The van der Waals surface area contributed by atoms with Crippen LogP contribution < -0.4 is 11.1 Å². The number of nitrogens with zero attached hydrogens (tertiary/aromatic N) is 2. The van der Waals surface area contributed by atoms with Crippen LogP contribution in [0, 0.1) is 5.41 Å². The molecule has 0 atom stereocenters. The van der Waals surface area contributed by atoms with Crippen LogP contribution >= 0.6 is 0 Å². The van der Waals surface area contributed by atoms with Crippen LogP contribution in [-0.4, -0.2) is 15.7 Å². The first kappa shape index (κ1) is 12.1. The summed E-state index contributed by atoms with van der Waals surface area (Å²) in [4.78, 5) is 12.2. The van der Waals surface area contributed by atoms with E-state index in [1.165, 1.54) is 0 Å². The third kappa shape index (κ3) is 2.34. The molecule has 3 N–H and O–H groups in total. The van der Waals surface area contributed by atoms with Crippen LogP contribution in [0.3, 0.4) is 0 Å². The van der Waals surface area contributed by atoms with Crippen molar-refractivity contribution in [2.24, 2.45) is 18.2 Å². The molecule has 1 aromatic heterocycles. The van der Waals surface area contributed by atoms with E-state index >= 15 is 0 Å². The van der Waals surface area contributed by atoms with Crippen molar-refractivity contribution < 1.29 is 4.79 Å². The molecule has 1 aliphatic rings. The lowest BCUT2D eigenvalue weighted by Gasteiger charge is -2.21. The van der Waals surface area contributed by atoms with E-state index in [2.05, 4.69) is 10.4 Å². The molecular formula is C12H20N4O. The summed E-state index contributed by atoms with van der Waals surface area (Å²) in [7, 11) is 1.83. The lowest BCUT2D eigenvalue weighted by molar-refractivity contribution is -0.124. The Kier molecular flexibility index (Phi) is 3.19. The highest BCUT2D eigenvalue weighted by Crippen LogP contribution is 2.38. The van der Waals surface area contributed by atoms with E-state index in [-0.39, 0.29) is 11.3 Å². The highest BCUT2D eigenvalue weighted by Gasteiger charge is 2.36. The van der Waals surface area contributed by atoms with Gasteiger partial charge in [0.25, 0.3) is 0 Å². The number of rotatable bonds is 3. The molecule has 0 unspecified atom stereocenters. The zero-order valence-electron chi connectivity index (χ0n) is 10.5. The van der Waals surface area contributed by atoms with Crippen LogP contribution in [0.4, 0.5) is 5.82 Å². The summed E-state index contributed by atoms with van der Waals surface area (Å²) in [6, 6.07) is 0. The Morgan fingerprint density at radius 2 is 2.24 bits per heavy atom. The van der Waals surface area contributed by atoms with Gasteiger partial charge in [-0.25, -0.2) is 0 Å². The standard InChI is InChI=1S/C12H20N4O/c1-12(5-3-4-6-12)11(17)14-10-9(7-13)8-16(2)15-10/h8H,3-7,13H2,1-2H3,(H,14,15,17). The monoisotopic (exact) mass is 236 g/mol. The smallest absolute Gasteiger partial charge is 0.231 e. The number of aromatic nitrogens is 2. The van der Waals surface area contributed by atoms with Gasteiger partial charge in [-0.1, -0.05) is 19.8 Å². The molecule has 1 aromatic rings. The second-order valence-corrected chi connectivity index (χ2v) is 5.10. The highest BCUT2D eigenvalue weighted by atomic mass is 16.2. The molecule has 0 radical (unpaired) electrons. The molecule has 5 nitrogen and oxygen atoms in total. The van der Waals surface area contributed by atoms with Gasteiger partial charge in [0.2, 0.25) is 5.91 Å². The summed E-state index contributed by atoms with van der Waals surface area (Å²) in [6.45, 7) is 2.42. The fourth-order valence-electron chi connectivity index (χ4n) is 2.43. The predicted molar refractivity (Wildman–Crippen MR) is 66.3 cm³/mol. The maximum atomic E-state index is 12.2. The van der Waals surface area contributed by atoms with Crippen molar-refractivity contribution in [3.63, 3.8) is 0 Å². The summed E-state index contributed by atoms with van der Waals surface area (Å²) in [6.07, 6.45) is 6.03. The Morgan fingerprint density at radius 1 is 1.59 bits per heavy atom. The number of anilines is 1. The van der Waals surface area contributed by atoms with E-state index in [9.17, 15) is 4.79 Å². The van der Waals surface area contributed by atoms with Gasteiger partial charge < -0.3 is 11.1 Å². The van der Waals surface area contributed by atoms with Crippen LogP contribution in [0.25, 0.3) is 0 Å². The SMILES string of the molecule is Cn1cc(CN)c(NC(=O)C2(C)CCCC2)n1. The number of aryl methyl sites for hydroxylation is 1. The van der Waals surface area contributed by atoms with Gasteiger partial charge in [0.05, 0.1) is 0 Å². The van der Waals surface area contributed by atoms with Gasteiger partial charge in [-0.2, -0.15) is 5.10 Å². The first-order chi connectivity index (χ1) is 8.05. The Morgan fingerprint density at radius 3 is 2.82 bits per heavy atom. The third-order valence-corrected chi connectivity index (χ3v) is 3.61. The molecular weight excluding hydrogens is 216 g/mol. The molecule has 1 aliphatic carbocycles. The normalized spacial score (nSPS) is 18.3. The number of amides is 1. The lowest BCUT2D eigenvalue weighted by Crippen LogP contribution is -2.31. The zero-order chi connectivity index (χ0) is 12.5. The molecule has 0 spiro atoms. The molecule has 2 rings (SSSR count). The fraction of sp³-hybridized carbons (Fsp3) is 0.667. The van der Waals surface area contributed by atoms with Crippen molar-refractivity contribution in [1.82, 2.24) is 9.78 Å². The van der Waals surface area contributed by atoms with Crippen LogP contribution in [0.2, 0.25) is 0 Å². The molecule has 94 valence electrons. The van der Waals surface area contributed by atoms with Gasteiger partial charge in [0.1, 0.15) is 0 Å². The lowest BCUT2D eigenvalue weighted by atomic mass is 9.88. The van der Waals surface area contributed by atoms with E-state index in [1.807, 2.05) is 20.2 Å². The van der Waals surface area contributed by atoms with E-state index in [1.54, 1.807) is 4.68 Å². The van der Waals surface area contributed by atoms with Gasteiger partial charge in [0.15, 0.2) is 5.82 Å². The number of nitrogens with one attached hydrogen (secondary N) is 1.